The molecular formula is C13H23NO5S. The normalized spacial score (nSPS) is 17.0. The summed E-state index contributed by atoms with van der Waals surface area (Å²) in [5.74, 6) is -0.291. The molecule has 0 saturated carbocycles. The lowest BCUT2D eigenvalue weighted by Crippen LogP contribution is -2.40. The second-order valence-electron chi connectivity index (χ2n) is 5.14. The van der Waals surface area contributed by atoms with E-state index < -0.39 is 9.84 Å². The molecule has 1 aliphatic heterocycles. The number of carbonyl (C=O) groups excluding carboxylic acids is 2. The Morgan fingerprint density at radius 3 is 2.35 bits per heavy atom. The smallest absolute Gasteiger partial charge is 0.309 e. The first-order valence-corrected chi connectivity index (χ1v) is 9.01. The van der Waals surface area contributed by atoms with Crippen LogP contribution in [0.5, 0.6) is 0 Å². The van der Waals surface area contributed by atoms with Crippen LogP contribution < -0.4 is 0 Å². The van der Waals surface area contributed by atoms with Crippen molar-refractivity contribution in [2.24, 2.45) is 5.92 Å². The molecule has 0 aromatic carbocycles. The lowest BCUT2D eigenvalue weighted by Gasteiger charge is -2.31. The molecule has 1 aliphatic rings. The van der Waals surface area contributed by atoms with Crippen molar-refractivity contribution in [3.63, 3.8) is 0 Å². The van der Waals surface area contributed by atoms with Crippen molar-refractivity contribution in [1.82, 2.24) is 4.90 Å². The zero-order valence-electron chi connectivity index (χ0n) is 12.1. The van der Waals surface area contributed by atoms with E-state index in [0.29, 0.717) is 39.0 Å². The number of ether oxygens (including phenoxy) is 1. The van der Waals surface area contributed by atoms with Crippen molar-refractivity contribution in [3.05, 3.63) is 0 Å². The molecule has 0 N–H and O–H groups in total. The molecule has 0 bridgehead atoms. The molecule has 0 radical (unpaired) electrons. The van der Waals surface area contributed by atoms with Crippen LogP contribution >= 0.6 is 0 Å². The van der Waals surface area contributed by atoms with E-state index >= 15 is 0 Å². The maximum Gasteiger partial charge on any atom is 0.309 e. The minimum atomic E-state index is -3.01. The van der Waals surface area contributed by atoms with Crippen LogP contribution in [0.1, 0.15) is 32.6 Å². The highest BCUT2D eigenvalue weighted by Crippen LogP contribution is 2.19. The SMILES string of the molecule is CCOC(=O)C1CCN(C(=O)CCCS(C)(=O)=O)CC1. The number of piperidine rings is 1. The Kier molecular flexibility index (Phi) is 6.45. The highest BCUT2D eigenvalue weighted by molar-refractivity contribution is 7.90. The molecule has 0 aliphatic carbocycles. The minimum Gasteiger partial charge on any atom is -0.466 e. The van der Waals surface area contributed by atoms with Crippen LogP contribution in [0.2, 0.25) is 0 Å². The number of nitrogens with zero attached hydrogens (tertiary/aromatic N) is 1. The fourth-order valence-corrected chi connectivity index (χ4v) is 2.94. The molecule has 1 rings (SSSR count). The van der Waals surface area contributed by atoms with Crippen molar-refractivity contribution < 1.29 is 22.7 Å². The predicted octanol–water partition coefficient (Wildman–Crippen LogP) is 0.613. The van der Waals surface area contributed by atoms with Crippen molar-refractivity contribution in [2.75, 3.05) is 31.7 Å². The number of amides is 1. The summed E-state index contributed by atoms with van der Waals surface area (Å²) in [5.41, 5.74) is 0. The molecule has 20 heavy (non-hydrogen) atoms. The van der Waals surface area contributed by atoms with Crippen molar-refractivity contribution >= 4 is 21.7 Å². The van der Waals surface area contributed by atoms with Gasteiger partial charge in [-0.15, -0.1) is 0 Å². The summed E-state index contributed by atoms with van der Waals surface area (Å²) >= 11 is 0. The van der Waals surface area contributed by atoms with Crippen molar-refractivity contribution in [1.29, 1.82) is 0 Å². The summed E-state index contributed by atoms with van der Waals surface area (Å²) in [7, 11) is -3.01. The summed E-state index contributed by atoms with van der Waals surface area (Å²) in [6.45, 7) is 3.24. The molecule has 1 amide bonds. The van der Waals surface area contributed by atoms with Crippen LogP contribution in [0.4, 0.5) is 0 Å². The van der Waals surface area contributed by atoms with Gasteiger partial charge in [0.15, 0.2) is 0 Å². The first-order valence-electron chi connectivity index (χ1n) is 6.95. The third-order valence-corrected chi connectivity index (χ3v) is 4.40. The van der Waals surface area contributed by atoms with Crippen LogP contribution in [0, 0.1) is 5.92 Å². The molecule has 0 aromatic rings. The number of hydrogen-bond acceptors (Lipinski definition) is 5. The van der Waals surface area contributed by atoms with Gasteiger partial charge in [0.25, 0.3) is 0 Å². The largest absolute Gasteiger partial charge is 0.466 e. The molecule has 0 unspecified atom stereocenters. The second-order valence-corrected chi connectivity index (χ2v) is 7.40. The van der Waals surface area contributed by atoms with Gasteiger partial charge < -0.3 is 9.64 Å². The van der Waals surface area contributed by atoms with E-state index in [4.69, 9.17) is 4.74 Å². The first kappa shape index (κ1) is 16.9. The monoisotopic (exact) mass is 305 g/mol. The standard InChI is InChI=1S/C13H23NO5S/c1-3-19-13(16)11-6-8-14(9-7-11)12(15)5-4-10-20(2,17)18/h11H,3-10H2,1-2H3. The van der Waals surface area contributed by atoms with Crippen LogP contribution in [-0.2, 0) is 24.2 Å². The van der Waals surface area contributed by atoms with Crippen molar-refractivity contribution in [3.8, 4) is 0 Å². The Bertz CT molecular complexity index is 438. The lowest BCUT2D eigenvalue weighted by molar-refractivity contribution is -0.151. The van der Waals surface area contributed by atoms with Gasteiger partial charge in [0.2, 0.25) is 5.91 Å². The van der Waals surface area contributed by atoms with Crippen LogP contribution in [-0.4, -0.2) is 56.9 Å². The van der Waals surface area contributed by atoms with Gasteiger partial charge >= 0.3 is 5.97 Å². The molecule has 1 fully saturated rings. The number of sulfone groups is 1. The van der Waals surface area contributed by atoms with E-state index in [1.54, 1.807) is 11.8 Å². The van der Waals surface area contributed by atoms with Gasteiger partial charge in [-0.05, 0) is 26.2 Å². The first-order chi connectivity index (χ1) is 9.33. The predicted molar refractivity (Wildman–Crippen MR) is 74.9 cm³/mol. The van der Waals surface area contributed by atoms with E-state index in [0.717, 1.165) is 0 Å². The third kappa shape index (κ3) is 5.90. The quantitative estimate of drug-likeness (QED) is 0.672. The zero-order valence-corrected chi connectivity index (χ0v) is 12.9. The van der Waals surface area contributed by atoms with Gasteiger partial charge in [-0.3, -0.25) is 9.59 Å². The van der Waals surface area contributed by atoms with Crippen molar-refractivity contribution in [2.45, 2.75) is 32.6 Å². The molecule has 0 atom stereocenters. The molecule has 116 valence electrons. The van der Waals surface area contributed by atoms with Crippen LogP contribution in [0.15, 0.2) is 0 Å². The van der Waals surface area contributed by atoms with E-state index in [1.165, 1.54) is 6.26 Å². The molecule has 0 spiro atoms. The van der Waals surface area contributed by atoms with Gasteiger partial charge in [-0.1, -0.05) is 0 Å². The zero-order chi connectivity index (χ0) is 15.2. The minimum absolute atomic E-state index is 0.0315. The average molecular weight is 305 g/mol. The molecule has 1 saturated heterocycles. The topological polar surface area (TPSA) is 80.8 Å². The summed E-state index contributed by atoms with van der Waals surface area (Å²) in [5, 5.41) is 0. The average Bonchev–Trinajstić information content (AvgIpc) is 2.37. The number of hydrogen-bond donors (Lipinski definition) is 0. The van der Waals surface area contributed by atoms with Crippen LogP contribution in [0.25, 0.3) is 0 Å². The molecule has 1 heterocycles. The van der Waals surface area contributed by atoms with E-state index in [9.17, 15) is 18.0 Å². The van der Waals surface area contributed by atoms with Crippen LogP contribution in [0.3, 0.4) is 0 Å². The number of carbonyl (C=O) groups is 2. The second kappa shape index (κ2) is 7.61. The van der Waals surface area contributed by atoms with Gasteiger partial charge in [-0.25, -0.2) is 8.42 Å². The van der Waals surface area contributed by atoms with Gasteiger partial charge in [-0.2, -0.15) is 0 Å². The Balaban J connectivity index is 2.30. The van der Waals surface area contributed by atoms with E-state index in [2.05, 4.69) is 0 Å². The number of esters is 1. The highest BCUT2D eigenvalue weighted by Gasteiger charge is 2.27. The number of rotatable bonds is 6. The Morgan fingerprint density at radius 2 is 1.85 bits per heavy atom. The van der Waals surface area contributed by atoms with Gasteiger partial charge in [0.1, 0.15) is 9.84 Å². The van der Waals surface area contributed by atoms with E-state index in [1.807, 2.05) is 0 Å². The maximum absolute atomic E-state index is 11.9. The Morgan fingerprint density at radius 1 is 1.25 bits per heavy atom. The van der Waals surface area contributed by atoms with Gasteiger partial charge in [0.05, 0.1) is 18.3 Å². The molecule has 7 heteroatoms. The fourth-order valence-electron chi connectivity index (χ4n) is 2.27. The van der Waals surface area contributed by atoms with Gasteiger partial charge in [0, 0.05) is 25.8 Å². The summed E-state index contributed by atoms with van der Waals surface area (Å²) in [4.78, 5) is 25.2. The molecule has 0 aromatic heterocycles. The fraction of sp³-hybridized carbons (Fsp3) is 0.846. The third-order valence-electron chi connectivity index (χ3n) is 3.37. The molecule has 6 nitrogen and oxygen atoms in total. The maximum atomic E-state index is 11.9. The molecular weight excluding hydrogens is 282 g/mol. The van der Waals surface area contributed by atoms with E-state index in [-0.39, 0.29) is 30.0 Å². The lowest BCUT2D eigenvalue weighted by atomic mass is 9.97. The summed E-state index contributed by atoms with van der Waals surface area (Å²) in [6, 6.07) is 0. The Hall–Kier alpha value is -1.11. The Labute approximate surface area is 120 Å². The number of likely N-dealkylation sites (tertiary alicyclic amines) is 1. The summed E-state index contributed by atoms with van der Waals surface area (Å²) in [6.07, 6.45) is 3.02. The summed E-state index contributed by atoms with van der Waals surface area (Å²) < 4.78 is 27.0. The highest BCUT2D eigenvalue weighted by atomic mass is 32.2.